The molecule has 146 valence electrons. The lowest BCUT2D eigenvalue weighted by atomic mass is 10.0. The zero-order chi connectivity index (χ0) is 20.0. The van der Waals surface area contributed by atoms with Crippen LogP contribution in [0.25, 0.3) is 0 Å². The van der Waals surface area contributed by atoms with Gasteiger partial charge in [0.2, 0.25) is 5.91 Å². The molecule has 0 aliphatic rings. The van der Waals surface area contributed by atoms with Gasteiger partial charge < -0.3 is 14.8 Å². The van der Waals surface area contributed by atoms with Gasteiger partial charge in [-0.2, -0.15) is 13.2 Å². The molecule has 2 aromatic rings. The minimum atomic E-state index is -4.50. The minimum Gasteiger partial charge on any atom is -0.493 e. The predicted molar refractivity (Wildman–Crippen MR) is 95.9 cm³/mol. The number of benzene rings is 2. The largest absolute Gasteiger partial charge is 0.493 e. The third-order valence-corrected chi connectivity index (χ3v) is 4.04. The number of methoxy groups -OCH3 is 1. The van der Waals surface area contributed by atoms with E-state index in [1.807, 2.05) is 6.92 Å². The van der Waals surface area contributed by atoms with Gasteiger partial charge >= 0.3 is 6.18 Å². The van der Waals surface area contributed by atoms with Crippen LogP contribution in [0.15, 0.2) is 42.5 Å². The van der Waals surface area contributed by atoms with E-state index in [4.69, 9.17) is 9.47 Å². The van der Waals surface area contributed by atoms with Gasteiger partial charge in [0.25, 0.3) is 0 Å². The van der Waals surface area contributed by atoms with Gasteiger partial charge in [0.1, 0.15) is 0 Å². The average Bonchev–Trinajstić information content (AvgIpc) is 2.61. The Morgan fingerprint density at radius 1 is 1.15 bits per heavy atom. The maximum Gasteiger partial charge on any atom is 0.416 e. The van der Waals surface area contributed by atoms with Crippen LogP contribution in [0.5, 0.6) is 11.5 Å². The molecule has 7 heteroatoms. The molecule has 1 amide bonds. The van der Waals surface area contributed by atoms with Crippen LogP contribution in [0.2, 0.25) is 0 Å². The standard InChI is InChI=1S/C20H22F3NO3/c1-4-27-17-10-9-14(11-18(17)26-3)13(2)24-19(25)12-15-7-5-6-8-16(15)20(21,22)23/h5-11,13H,4,12H2,1-3H3,(H,24,25). The first-order valence-electron chi connectivity index (χ1n) is 8.51. The number of rotatable bonds is 7. The normalized spacial score (nSPS) is 12.4. The lowest BCUT2D eigenvalue weighted by molar-refractivity contribution is -0.138. The Labute approximate surface area is 156 Å². The average molecular weight is 381 g/mol. The van der Waals surface area contributed by atoms with Crippen molar-refractivity contribution in [1.29, 1.82) is 0 Å². The maximum absolute atomic E-state index is 13.1. The first-order valence-corrected chi connectivity index (χ1v) is 8.51. The van der Waals surface area contributed by atoms with Crippen LogP contribution >= 0.6 is 0 Å². The highest BCUT2D eigenvalue weighted by Gasteiger charge is 2.33. The number of amides is 1. The Morgan fingerprint density at radius 3 is 2.48 bits per heavy atom. The molecule has 0 saturated carbocycles. The summed E-state index contributed by atoms with van der Waals surface area (Å²) in [7, 11) is 1.51. The summed E-state index contributed by atoms with van der Waals surface area (Å²) in [5.74, 6) is 0.617. The van der Waals surface area contributed by atoms with Crippen LogP contribution in [0, 0.1) is 0 Å². The first kappa shape index (κ1) is 20.6. The highest BCUT2D eigenvalue weighted by Crippen LogP contribution is 2.32. The summed E-state index contributed by atoms with van der Waals surface area (Å²) in [6.07, 6.45) is -4.85. The zero-order valence-corrected chi connectivity index (χ0v) is 15.4. The second kappa shape index (κ2) is 8.79. The van der Waals surface area contributed by atoms with E-state index in [-0.39, 0.29) is 12.0 Å². The highest BCUT2D eigenvalue weighted by atomic mass is 19.4. The Bertz CT molecular complexity index is 790. The van der Waals surface area contributed by atoms with E-state index in [0.29, 0.717) is 18.1 Å². The van der Waals surface area contributed by atoms with E-state index in [2.05, 4.69) is 5.32 Å². The van der Waals surface area contributed by atoms with Crippen molar-refractivity contribution < 1.29 is 27.4 Å². The molecule has 0 fully saturated rings. The van der Waals surface area contributed by atoms with E-state index in [1.54, 1.807) is 25.1 Å². The van der Waals surface area contributed by atoms with Gasteiger partial charge in [-0.1, -0.05) is 24.3 Å². The van der Waals surface area contributed by atoms with E-state index < -0.39 is 23.7 Å². The fraction of sp³-hybridized carbons (Fsp3) is 0.350. The van der Waals surface area contributed by atoms with Crippen LogP contribution in [-0.4, -0.2) is 19.6 Å². The molecule has 0 aromatic heterocycles. The van der Waals surface area contributed by atoms with Gasteiger partial charge in [0.05, 0.1) is 31.7 Å². The van der Waals surface area contributed by atoms with E-state index in [0.717, 1.165) is 11.6 Å². The quantitative estimate of drug-likeness (QED) is 0.766. The first-order chi connectivity index (χ1) is 12.8. The number of carbonyl (C=O) groups is 1. The van der Waals surface area contributed by atoms with Gasteiger partial charge in [0, 0.05) is 0 Å². The molecule has 0 saturated heterocycles. The minimum absolute atomic E-state index is 0.0565. The van der Waals surface area contributed by atoms with Crippen molar-refractivity contribution in [3.05, 3.63) is 59.2 Å². The van der Waals surface area contributed by atoms with Crippen LogP contribution in [0.4, 0.5) is 13.2 Å². The molecule has 4 nitrogen and oxygen atoms in total. The highest BCUT2D eigenvalue weighted by molar-refractivity contribution is 5.79. The molecule has 0 spiro atoms. The molecule has 0 aliphatic carbocycles. The second-order valence-corrected chi connectivity index (χ2v) is 5.96. The molecular formula is C20H22F3NO3. The van der Waals surface area contributed by atoms with E-state index >= 15 is 0 Å². The molecule has 0 heterocycles. The van der Waals surface area contributed by atoms with Crippen molar-refractivity contribution in [2.24, 2.45) is 0 Å². The van der Waals surface area contributed by atoms with Crippen LogP contribution in [0.1, 0.15) is 36.6 Å². The Balaban J connectivity index is 2.11. The number of carbonyl (C=O) groups excluding carboxylic acids is 1. The molecule has 1 unspecified atom stereocenters. The smallest absolute Gasteiger partial charge is 0.416 e. The number of hydrogen-bond donors (Lipinski definition) is 1. The number of hydrogen-bond acceptors (Lipinski definition) is 3. The topological polar surface area (TPSA) is 47.6 Å². The molecule has 0 bridgehead atoms. The van der Waals surface area contributed by atoms with Crippen molar-refractivity contribution in [2.45, 2.75) is 32.5 Å². The molecule has 2 rings (SSSR count). The zero-order valence-electron chi connectivity index (χ0n) is 15.4. The van der Waals surface area contributed by atoms with Crippen molar-refractivity contribution in [1.82, 2.24) is 5.32 Å². The number of halogens is 3. The lowest BCUT2D eigenvalue weighted by Gasteiger charge is -2.18. The second-order valence-electron chi connectivity index (χ2n) is 5.96. The van der Waals surface area contributed by atoms with Gasteiger partial charge in [0.15, 0.2) is 11.5 Å². The van der Waals surface area contributed by atoms with E-state index in [9.17, 15) is 18.0 Å². The summed E-state index contributed by atoms with van der Waals surface area (Å²) in [6, 6.07) is 9.93. The van der Waals surface area contributed by atoms with Crippen molar-refractivity contribution in [2.75, 3.05) is 13.7 Å². The molecule has 27 heavy (non-hydrogen) atoms. The van der Waals surface area contributed by atoms with Crippen molar-refractivity contribution in [3.8, 4) is 11.5 Å². The number of alkyl halides is 3. The summed E-state index contributed by atoms with van der Waals surface area (Å²) in [5, 5.41) is 2.72. The Kier molecular flexibility index (Phi) is 6.71. The van der Waals surface area contributed by atoms with Gasteiger partial charge in [-0.15, -0.1) is 0 Å². The Hall–Kier alpha value is -2.70. The fourth-order valence-electron chi connectivity index (χ4n) is 2.73. The third-order valence-electron chi connectivity index (χ3n) is 4.04. The van der Waals surface area contributed by atoms with Crippen LogP contribution in [0.3, 0.4) is 0 Å². The van der Waals surface area contributed by atoms with E-state index in [1.165, 1.54) is 25.3 Å². The molecule has 2 aromatic carbocycles. The maximum atomic E-state index is 13.1. The summed E-state index contributed by atoms with van der Waals surface area (Å²) >= 11 is 0. The molecule has 0 radical (unpaired) electrons. The summed E-state index contributed by atoms with van der Waals surface area (Å²) in [4.78, 5) is 12.3. The third kappa shape index (κ3) is 5.39. The molecule has 0 aliphatic heterocycles. The molecular weight excluding hydrogens is 359 g/mol. The van der Waals surface area contributed by atoms with Crippen LogP contribution < -0.4 is 14.8 Å². The summed E-state index contributed by atoms with van der Waals surface area (Å²) < 4.78 is 49.9. The van der Waals surface area contributed by atoms with Crippen LogP contribution in [-0.2, 0) is 17.4 Å². The summed E-state index contributed by atoms with van der Waals surface area (Å²) in [6.45, 7) is 4.10. The van der Waals surface area contributed by atoms with Crippen molar-refractivity contribution in [3.63, 3.8) is 0 Å². The Morgan fingerprint density at radius 2 is 1.85 bits per heavy atom. The predicted octanol–water partition coefficient (Wildman–Crippen LogP) is 4.53. The summed E-state index contributed by atoms with van der Waals surface area (Å²) in [5.41, 5.74) is -0.0951. The van der Waals surface area contributed by atoms with Gasteiger partial charge in [-0.25, -0.2) is 0 Å². The number of ether oxygens (including phenoxy) is 2. The van der Waals surface area contributed by atoms with Crippen molar-refractivity contribution >= 4 is 5.91 Å². The van der Waals surface area contributed by atoms with Gasteiger partial charge in [-0.05, 0) is 43.2 Å². The molecule has 1 atom stereocenters. The fourth-order valence-corrected chi connectivity index (χ4v) is 2.73. The monoisotopic (exact) mass is 381 g/mol. The SMILES string of the molecule is CCOc1ccc(C(C)NC(=O)Cc2ccccc2C(F)(F)F)cc1OC. The molecule has 1 N–H and O–H groups in total. The number of nitrogens with one attached hydrogen (secondary N) is 1. The van der Waals surface area contributed by atoms with Gasteiger partial charge in [-0.3, -0.25) is 4.79 Å². The lowest BCUT2D eigenvalue weighted by Crippen LogP contribution is -2.29.